The van der Waals surface area contributed by atoms with E-state index in [2.05, 4.69) is 10.3 Å². The molecule has 3 fully saturated rings. The average molecular weight is 427 g/mol. The molecule has 0 radical (unpaired) electrons. The molecule has 2 atom stereocenters. The monoisotopic (exact) mass is 427 g/mol. The van der Waals surface area contributed by atoms with Crippen molar-refractivity contribution in [3.63, 3.8) is 0 Å². The lowest BCUT2D eigenvalue weighted by atomic mass is 9.89. The number of hydrogen-bond donors (Lipinski definition) is 2. The molecule has 0 aromatic heterocycles. The number of nitrogens with one attached hydrogen (secondary N) is 2. The van der Waals surface area contributed by atoms with E-state index in [1.807, 2.05) is 11.0 Å². The summed E-state index contributed by atoms with van der Waals surface area (Å²) in [6, 6.07) is 6.27. The molecule has 4 aliphatic rings. The summed E-state index contributed by atoms with van der Waals surface area (Å²) in [5.74, 6) is -0.388. The van der Waals surface area contributed by atoms with Gasteiger partial charge >= 0.3 is 0 Å². The van der Waals surface area contributed by atoms with Crippen LogP contribution in [-0.2, 0) is 9.53 Å². The first-order chi connectivity index (χ1) is 15.0. The van der Waals surface area contributed by atoms with E-state index < -0.39 is 11.4 Å². The fraction of sp³-hybridized carbons (Fsp3) is 0.409. The number of fused-ring (bicyclic) bond motifs is 1. The number of benzene rings is 1. The maximum absolute atomic E-state index is 13.7. The van der Waals surface area contributed by atoms with Crippen molar-refractivity contribution in [3.05, 3.63) is 59.2 Å². The molecule has 3 saturated heterocycles. The summed E-state index contributed by atoms with van der Waals surface area (Å²) in [5.41, 5.74) is -0.0626. The molecule has 0 saturated carbocycles. The zero-order valence-electron chi connectivity index (χ0n) is 16.9. The first-order valence-corrected chi connectivity index (χ1v) is 10.4. The lowest BCUT2D eigenvalue weighted by Crippen LogP contribution is -2.51. The van der Waals surface area contributed by atoms with Crippen LogP contribution in [0.3, 0.4) is 0 Å². The Morgan fingerprint density at radius 1 is 1.32 bits per heavy atom. The van der Waals surface area contributed by atoms with E-state index in [4.69, 9.17) is 10.1 Å². The Hall–Kier alpha value is -3.07. The molecule has 2 N–H and O–H groups in total. The first-order valence-electron chi connectivity index (χ1n) is 10.4. The molecule has 9 heteroatoms. The Labute approximate surface area is 178 Å². The molecule has 5 rings (SSSR count). The molecule has 1 aromatic rings. The highest BCUT2D eigenvalue weighted by molar-refractivity contribution is 5.88. The van der Waals surface area contributed by atoms with Crippen molar-refractivity contribution in [2.24, 2.45) is 4.99 Å². The van der Waals surface area contributed by atoms with Crippen molar-refractivity contribution in [1.82, 2.24) is 15.1 Å². The SMILES string of the molecule is N=C/C(F)=C1/N=CC=C(N2CCC3(CC2)O[C@H]2CC[C@@H](c4cccc(F)c4)N2C3=O)N1. The molecule has 162 valence electrons. The predicted molar refractivity (Wildman–Crippen MR) is 110 cm³/mol. The van der Waals surface area contributed by atoms with Crippen molar-refractivity contribution in [3.8, 4) is 0 Å². The van der Waals surface area contributed by atoms with Gasteiger partial charge in [-0.1, -0.05) is 12.1 Å². The third-order valence-electron chi connectivity index (χ3n) is 6.50. The second-order valence-electron chi connectivity index (χ2n) is 8.21. The number of nitrogens with zero attached hydrogens (tertiary/aromatic N) is 3. The van der Waals surface area contributed by atoms with E-state index in [1.165, 1.54) is 18.3 Å². The molecule has 1 amide bonds. The molecular formula is C22H23F2N5O2. The number of amides is 1. The van der Waals surface area contributed by atoms with Gasteiger partial charge in [-0.3, -0.25) is 4.79 Å². The van der Waals surface area contributed by atoms with Crippen LogP contribution in [0.4, 0.5) is 8.78 Å². The Morgan fingerprint density at radius 2 is 2.13 bits per heavy atom. The van der Waals surface area contributed by atoms with Crippen LogP contribution in [0, 0.1) is 11.2 Å². The van der Waals surface area contributed by atoms with Crippen LogP contribution < -0.4 is 5.32 Å². The number of halogens is 2. The molecule has 31 heavy (non-hydrogen) atoms. The summed E-state index contributed by atoms with van der Waals surface area (Å²) in [7, 11) is 0. The molecular weight excluding hydrogens is 404 g/mol. The van der Waals surface area contributed by atoms with Crippen molar-refractivity contribution < 1.29 is 18.3 Å². The normalized spacial score (nSPS) is 28.5. The second kappa shape index (κ2) is 7.56. The summed E-state index contributed by atoms with van der Waals surface area (Å²) in [6.07, 6.45) is 6.09. The maximum atomic E-state index is 13.7. The van der Waals surface area contributed by atoms with Gasteiger partial charge in [0.05, 0.1) is 12.3 Å². The van der Waals surface area contributed by atoms with E-state index >= 15 is 0 Å². The van der Waals surface area contributed by atoms with Gasteiger partial charge in [-0.15, -0.1) is 0 Å². The number of carbonyl (C=O) groups excluding carboxylic acids is 1. The smallest absolute Gasteiger partial charge is 0.257 e. The largest absolute Gasteiger partial charge is 0.358 e. The fourth-order valence-corrected chi connectivity index (χ4v) is 4.95. The summed E-state index contributed by atoms with van der Waals surface area (Å²) >= 11 is 0. The predicted octanol–water partition coefficient (Wildman–Crippen LogP) is 2.98. The van der Waals surface area contributed by atoms with Crippen molar-refractivity contribution in [2.75, 3.05) is 13.1 Å². The highest BCUT2D eigenvalue weighted by atomic mass is 19.1. The van der Waals surface area contributed by atoms with Crippen LogP contribution in [0.2, 0.25) is 0 Å². The number of rotatable bonds is 3. The summed E-state index contributed by atoms with van der Waals surface area (Å²) in [5, 5.41) is 9.96. The standard InChI is InChI=1S/C22H23F2N5O2/c23-15-3-1-2-14(12-15)17-4-5-19-29(17)21(30)22(31-19)7-10-28(11-8-22)18-6-9-26-20(27-18)16(24)13-25/h1-3,6,9,12-13,17,19,25,27H,4-5,7-8,10-11H2/b20-16+,25-13?/t17-,19-/m0/s1. The van der Waals surface area contributed by atoms with E-state index in [-0.39, 0.29) is 29.8 Å². The molecule has 0 unspecified atom stereocenters. The minimum atomic E-state index is -0.866. The molecule has 4 aliphatic heterocycles. The number of hydrogen-bond acceptors (Lipinski definition) is 6. The summed E-state index contributed by atoms with van der Waals surface area (Å²) < 4.78 is 33.7. The lowest BCUT2D eigenvalue weighted by molar-refractivity contribution is -0.142. The van der Waals surface area contributed by atoms with Crippen LogP contribution in [0.25, 0.3) is 0 Å². The molecule has 4 heterocycles. The first kappa shape index (κ1) is 19.9. The van der Waals surface area contributed by atoms with E-state index in [0.717, 1.165) is 18.4 Å². The highest BCUT2D eigenvalue weighted by Crippen LogP contribution is 2.47. The molecule has 1 aromatic carbocycles. The van der Waals surface area contributed by atoms with Gasteiger partial charge in [0.25, 0.3) is 5.91 Å². The third kappa shape index (κ3) is 3.33. The van der Waals surface area contributed by atoms with Gasteiger partial charge in [0, 0.05) is 32.1 Å². The zero-order valence-corrected chi connectivity index (χ0v) is 16.9. The van der Waals surface area contributed by atoms with E-state index in [1.54, 1.807) is 17.0 Å². The van der Waals surface area contributed by atoms with Gasteiger partial charge in [-0.25, -0.2) is 13.8 Å². The number of likely N-dealkylation sites (tertiary alicyclic amines) is 1. The van der Waals surface area contributed by atoms with E-state index in [0.29, 0.717) is 38.0 Å². The number of allylic oxidation sites excluding steroid dienone is 2. The summed E-state index contributed by atoms with van der Waals surface area (Å²) in [4.78, 5) is 21.2. The maximum Gasteiger partial charge on any atom is 0.257 e. The molecule has 7 nitrogen and oxygen atoms in total. The number of ether oxygens (including phenoxy) is 1. The van der Waals surface area contributed by atoms with Crippen LogP contribution >= 0.6 is 0 Å². The van der Waals surface area contributed by atoms with Crippen molar-refractivity contribution >= 4 is 18.3 Å². The number of carbonyl (C=O) groups is 1. The lowest BCUT2D eigenvalue weighted by Gasteiger charge is -2.40. The van der Waals surface area contributed by atoms with Crippen molar-refractivity contribution in [2.45, 2.75) is 43.6 Å². The van der Waals surface area contributed by atoms with Crippen molar-refractivity contribution in [1.29, 1.82) is 5.41 Å². The minimum Gasteiger partial charge on any atom is -0.358 e. The topological polar surface area (TPSA) is 81.0 Å². The molecule has 0 aliphatic carbocycles. The minimum absolute atomic E-state index is 0.000409. The van der Waals surface area contributed by atoms with Crippen LogP contribution in [0.15, 0.2) is 52.8 Å². The number of piperidine rings is 1. The quantitative estimate of drug-likeness (QED) is 0.727. The van der Waals surface area contributed by atoms with Gasteiger partial charge in [0.1, 0.15) is 17.9 Å². The van der Waals surface area contributed by atoms with Gasteiger partial charge in [0.2, 0.25) is 0 Å². The zero-order chi connectivity index (χ0) is 21.6. The van der Waals surface area contributed by atoms with Gasteiger partial charge in [-0.2, -0.15) is 0 Å². The average Bonchev–Trinajstić information content (AvgIpc) is 3.32. The Bertz CT molecular complexity index is 1010. The highest BCUT2D eigenvalue weighted by Gasteiger charge is 2.58. The Balaban J connectivity index is 1.29. The van der Waals surface area contributed by atoms with Crippen LogP contribution in [0.1, 0.15) is 37.3 Å². The second-order valence-corrected chi connectivity index (χ2v) is 8.21. The molecule has 1 spiro atoms. The Morgan fingerprint density at radius 3 is 2.87 bits per heavy atom. The van der Waals surface area contributed by atoms with Crippen LogP contribution in [0.5, 0.6) is 0 Å². The fourth-order valence-electron chi connectivity index (χ4n) is 4.95. The Kier molecular flexibility index (Phi) is 4.85. The molecule has 0 bridgehead atoms. The number of aliphatic imine (C=N–C) groups is 1. The van der Waals surface area contributed by atoms with Gasteiger partial charge in [-0.05, 0) is 36.6 Å². The van der Waals surface area contributed by atoms with Crippen LogP contribution in [-0.4, -0.2) is 53.1 Å². The van der Waals surface area contributed by atoms with E-state index in [9.17, 15) is 13.6 Å². The van der Waals surface area contributed by atoms with Gasteiger partial charge in [0.15, 0.2) is 17.2 Å². The third-order valence-corrected chi connectivity index (χ3v) is 6.50. The van der Waals surface area contributed by atoms with Gasteiger partial charge < -0.3 is 25.3 Å². The summed E-state index contributed by atoms with van der Waals surface area (Å²) in [6.45, 7) is 1.12.